The van der Waals surface area contributed by atoms with Gasteiger partial charge in [-0.25, -0.2) is 4.98 Å². The molecule has 0 fully saturated rings. The average molecular weight is 255 g/mol. The lowest BCUT2D eigenvalue weighted by atomic mass is 10.2. The van der Waals surface area contributed by atoms with E-state index in [9.17, 15) is 0 Å². The van der Waals surface area contributed by atoms with E-state index in [0.29, 0.717) is 6.04 Å². The first-order valence-electron chi connectivity index (χ1n) is 6.70. The number of aromatic nitrogens is 1. The molecule has 4 heteroatoms. The summed E-state index contributed by atoms with van der Waals surface area (Å²) in [4.78, 5) is 4.57. The van der Waals surface area contributed by atoms with Gasteiger partial charge in [-0.05, 0) is 25.7 Å². The molecule has 0 aromatic carbocycles. The van der Waals surface area contributed by atoms with Gasteiger partial charge in [0.2, 0.25) is 0 Å². The molecule has 1 rings (SSSR count). The number of aryl methyl sites for hydroxylation is 1. The van der Waals surface area contributed by atoms with Gasteiger partial charge in [-0.1, -0.05) is 26.7 Å². The van der Waals surface area contributed by atoms with E-state index in [1.54, 1.807) is 11.3 Å². The second kappa shape index (κ2) is 8.48. The lowest BCUT2D eigenvalue weighted by Gasteiger charge is -2.08. The summed E-state index contributed by atoms with van der Waals surface area (Å²) in [5, 5.41) is 6.55. The molecule has 0 radical (unpaired) electrons. The standard InChI is InChI=1S/C13H25N3S/c1-3-5-6-7-12-10-17-13(16-12)15-9-8-11(14)4-2/h10-11H,3-9,14H2,1-2H3,(H,15,16). The van der Waals surface area contributed by atoms with Gasteiger partial charge in [0.1, 0.15) is 0 Å². The fourth-order valence-corrected chi connectivity index (χ4v) is 2.40. The molecule has 1 aromatic rings. The molecule has 1 unspecified atom stereocenters. The summed E-state index contributed by atoms with van der Waals surface area (Å²) >= 11 is 1.70. The summed E-state index contributed by atoms with van der Waals surface area (Å²) in [6.07, 6.45) is 6.99. The van der Waals surface area contributed by atoms with Crippen LogP contribution in [-0.4, -0.2) is 17.6 Å². The number of hydrogen-bond acceptors (Lipinski definition) is 4. The van der Waals surface area contributed by atoms with Gasteiger partial charge in [-0.2, -0.15) is 0 Å². The number of anilines is 1. The van der Waals surface area contributed by atoms with E-state index >= 15 is 0 Å². The highest BCUT2D eigenvalue weighted by Crippen LogP contribution is 2.17. The minimum Gasteiger partial charge on any atom is -0.361 e. The van der Waals surface area contributed by atoms with Gasteiger partial charge in [0.15, 0.2) is 5.13 Å². The van der Waals surface area contributed by atoms with Gasteiger partial charge in [0.05, 0.1) is 5.69 Å². The molecular formula is C13H25N3S. The maximum atomic E-state index is 5.87. The lowest BCUT2D eigenvalue weighted by molar-refractivity contribution is 0.613. The molecule has 0 saturated heterocycles. The molecule has 0 aliphatic rings. The van der Waals surface area contributed by atoms with Crippen LogP contribution < -0.4 is 11.1 Å². The summed E-state index contributed by atoms with van der Waals surface area (Å²) in [6, 6.07) is 0.312. The molecule has 0 aliphatic carbocycles. The molecule has 1 aromatic heterocycles. The quantitative estimate of drug-likeness (QED) is 0.665. The van der Waals surface area contributed by atoms with Crippen LogP contribution in [0.3, 0.4) is 0 Å². The van der Waals surface area contributed by atoms with E-state index in [0.717, 1.165) is 30.9 Å². The third-order valence-electron chi connectivity index (χ3n) is 2.90. The van der Waals surface area contributed by atoms with E-state index in [-0.39, 0.29) is 0 Å². The van der Waals surface area contributed by atoms with Crippen molar-refractivity contribution in [1.82, 2.24) is 4.98 Å². The van der Waals surface area contributed by atoms with Gasteiger partial charge >= 0.3 is 0 Å². The first kappa shape index (κ1) is 14.5. The number of unbranched alkanes of at least 4 members (excludes halogenated alkanes) is 2. The Bertz CT molecular complexity index is 299. The molecule has 3 nitrogen and oxygen atoms in total. The number of nitrogens with one attached hydrogen (secondary N) is 1. The summed E-state index contributed by atoms with van der Waals surface area (Å²) in [5.74, 6) is 0. The van der Waals surface area contributed by atoms with Crippen LogP contribution in [0.15, 0.2) is 5.38 Å². The van der Waals surface area contributed by atoms with Crippen LogP contribution in [-0.2, 0) is 6.42 Å². The second-order valence-corrected chi connectivity index (χ2v) is 5.34. The second-order valence-electron chi connectivity index (χ2n) is 4.48. The number of nitrogens with two attached hydrogens (primary N) is 1. The Morgan fingerprint density at radius 1 is 1.41 bits per heavy atom. The van der Waals surface area contributed by atoms with E-state index in [2.05, 4.69) is 29.5 Å². The minimum absolute atomic E-state index is 0.312. The Hall–Kier alpha value is -0.610. The molecule has 0 aliphatic heterocycles. The van der Waals surface area contributed by atoms with Crippen LogP contribution in [0.4, 0.5) is 5.13 Å². The van der Waals surface area contributed by atoms with Crippen molar-refractivity contribution in [2.24, 2.45) is 5.73 Å². The van der Waals surface area contributed by atoms with E-state index in [1.807, 2.05) is 0 Å². The van der Waals surface area contributed by atoms with Crippen molar-refractivity contribution in [3.8, 4) is 0 Å². The monoisotopic (exact) mass is 255 g/mol. The molecule has 0 spiro atoms. The van der Waals surface area contributed by atoms with Crippen molar-refractivity contribution < 1.29 is 0 Å². The summed E-state index contributed by atoms with van der Waals surface area (Å²) in [6.45, 7) is 5.28. The van der Waals surface area contributed by atoms with Crippen molar-refractivity contribution in [3.63, 3.8) is 0 Å². The van der Waals surface area contributed by atoms with Crippen molar-refractivity contribution >= 4 is 16.5 Å². The zero-order valence-corrected chi connectivity index (χ0v) is 11.9. The van der Waals surface area contributed by atoms with Crippen LogP contribution in [0, 0.1) is 0 Å². The third kappa shape index (κ3) is 6.03. The van der Waals surface area contributed by atoms with Gasteiger partial charge in [-0.15, -0.1) is 11.3 Å². The van der Waals surface area contributed by atoms with Crippen molar-refractivity contribution in [2.75, 3.05) is 11.9 Å². The van der Waals surface area contributed by atoms with Crippen LogP contribution >= 0.6 is 11.3 Å². The van der Waals surface area contributed by atoms with Crippen molar-refractivity contribution in [2.45, 2.75) is 58.4 Å². The zero-order chi connectivity index (χ0) is 12.5. The molecule has 1 heterocycles. The molecule has 1 atom stereocenters. The molecule has 3 N–H and O–H groups in total. The van der Waals surface area contributed by atoms with Gasteiger partial charge in [0.25, 0.3) is 0 Å². The zero-order valence-electron chi connectivity index (χ0n) is 11.0. The van der Waals surface area contributed by atoms with Crippen molar-refractivity contribution in [3.05, 3.63) is 11.1 Å². The van der Waals surface area contributed by atoms with Crippen molar-refractivity contribution in [1.29, 1.82) is 0 Å². The molecular weight excluding hydrogens is 230 g/mol. The van der Waals surface area contributed by atoms with E-state index in [4.69, 9.17) is 5.73 Å². The smallest absolute Gasteiger partial charge is 0.182 e. The Labute approximate surface area is 109 Å². The Morgan fingerprint density at radius 2 is 2.24 bits per heavy atom. The molecule has 0 amide bonds. The van der Waals surface area contributed by atoms with Crippen LogP contribution in [0.2, 0.25) is 0 Å². The Kier molecular flexibility index (Phi) is 7.21. The lowest BCUT2D eigenvalue weighted by Crippen LogP contribution is -2.22. The van der Waals surface area contributed by atoms with E-state index in [1.165, 1.54) is 25.0 Å². The highest BCUT2D eigenvalue weighted by atomic mass is 32.1. The first-order chi connectivity index (χ1) is 8.26. The average Bonchev–Trinajstić information content (AvgIpc) is 2.77. The van der Waals surface area contributed by atoms with Gasteiger partial charge in [0, 0.05) is 18.0 Å². The fraction of sp³-hybridized carbons (Fsp3) is 0.769. The molecule has 17 heavy (non-hydrogen) atoms. The highest BCUT2D eigenvalue weighted by Gasteiger charge is 2.02. The largest absolute Gasteiger partial charge is 0.361 e. The SMILES string of the molecule is CCCCCc1csc(NCCC(N)CC)n1. The van der Waals surface area contributed by atoms with E-state index < -0.39 is 0 Å². The summed E-state index contributed by atoms with van der Waals surface area (Å²) < 4.78 is 0. The predicted molar refractivity (Wildman–Crippen MR) is 76.7 cm³/mol. The Balaban J connectivity index is 2.21. The van der Waals surface area contributed by atoms with Gasteiger partial charge in [-0.3, -0.25) is 0 Å². The van der Waals surface area contributed by atoms with Crippen LogP contribution in [0.25, 0.3) is 0 Å². The predicted octanol–water partition coefficient (Wildman–Crippen LogP) is 3.42. The number of hydrogen-bond donors (Lipinski definition) is 2. The van der Waals surface area contributed by atoms with Crippen LogP contribution in [0.1, 0.15) is 51.6 Å². The first-order valence-corrected chi connectivity index (χ1v) is 7.58. The molecule has 98 valence electrons. The fourth-order valence-electron chi connectivity index (χ4n) is 1.63. The Morgan fingerprint density at radius 3 is 2.94 bits per heavy atom. The van der Waals surface area contributed by atoms with Gasteiger partial charge < -0.3 is 11.1 Å². The molecule has 0 bridgehead atoms. The summed E-state index contributed by atoms with van der Waals surface area (Å²) in [5.41, 5.74) is 7.09. The highest BCUT2D eigenvalue weighted by molar-refractivity contribution is 7.13. The topological polar surface area (TPSA) is 50.9 Å². The third-order valence-corrected chi connectivity index (χ3v) is 3.75. The number of thiazole rings is 1. The number of rotatable bonds is 9. The summed E-state index contributed by atoms with van der Waals surface area (Å²) in [7, 11) is 0. The maximum absolute atomic E-state index is 5.87. The maximum Gasteiger partial charge on any atom is 0.182 e. The number of nitrogens with zero attached hydrogens (tertiary/aromatic N) is 1. The molecule has 0 saturated carbocycles. The van der Waals surface area contributed by atoms with Crippen LogP contribution in [0.5, 0.6) is 0 Å². The minimum atomic E-state index is 0.312. The normalized spacial score (nSPS) is 12.6.